The summed E-state index contributed by atoms with van der Waals surface area (Å²) in [6.45, 7) is 3.80. The minimum Gasteiger partial charge on any atom is -0.330 e. The fourth-order valence-corrected chi connectivity index (χ4v) is 5.51. The molecule has 0 aliphatic carbocycles. The summed E-state index contributed by atoms with van der Waals surface area (Å²) in [5.74, 6) is 0.526. The molecule has 138 valence electrons. The Bertz CT molecular complexity index is 872. The van der Waals surface area contributed by atoms with Gasteiger partial charge >= 0.3 is 10.2 Å². The maximum absolute atomic E-state index is 13.3. The molecule has 2 aliphatic rings. The second-order valence-corrected chi connectivity index (χ2v) is 8.56. The molecule has 1 saturated heterocycles. The third kappa shape index (κ3) is 2.96. The Morgan fingerprint density at radius 2 is 1.65 bits per heavy atom. The largest absolute Gasteiger partial charge is 0.331 e. The lowest BCUT2D eigenvalue weighted by Crippen LogP contribution is -2.40. The van der Waals surface area contributed by atoms with Gasteiger partial charge in [-0.05, 0) is 49.7 Å². The van der Waals surface area contributed by atoms with Crippen LogP contribution in [-0.2, 0) is 10.2 Å². The zero-order valence-electron chi connectivity index (χ0n) is 14.7. The Kier molecular flexibility index (Phi) is 4.60. The van der Waals surface area contributed by atoms with E-state index >= 15 is 0 Å². The van der Waals surface area contributed by atoms with Gasteiger partial charge in [0.25, 0.3) is 0 Å². The molecule has 6 nitrogen and oxygen atoms in total. The fourth-order valence-electron chi connectivity index (χ4n) is 3.81. The van der Waals surface area contributed by atoms with Gasteiger partial charge in [0.2, 0.25) is 0 Å². The van der Waals surface area contributed by atoms with Crippen LogP contribution in [0.3, 0.4) is 0 Å². The lowest BCUT2D eigenvalue weighted by atomic mass is 10.1. The molecule has 1 atom stereocenters. The Morgan fingerprint density at radius 1 is 0.962 bits per heavy atom. The van der Waals surface area contributed by atoms with Crippen molar-refractivity contribution in [2.45, 2.75) is 6.42 Å². The minimum absolute atomic E-state index is 0.444. The number of nitrogens with zero attached hydrogens (tertiary/aromatic N) is 3. The van der Waals surface area contributed by atoms with E-state index in [1.165, 1.54) is 8.61 Å². The van der Waals surface area contributed by atoms with Gasteiger partial charge in [0.05, 0.1) is 17.1 Å². The van der Waals surface area contributed by atoms with Crippen molar-refractivity contribution in [3.05, 3.63) is 54.6 Å². The average Bonchev–Trinajstić information content (AvgIpc) is 3.20. The third-order valence-corrected chi connectivity index (χ3v) is 7.00. The van der Waals surface area contributed by atoms with E-state index in [1.807, 2.05) is 54.6 Å². The zero-order valence-corrected chi connectivity index (χ0v) is 15.5. The number of rotatable bonds is 5. The fraction of sp³-hybridized carbons (Fsp3) is 0.368. The first-order valence-corrected chi connectivity index (χ1v) is 10.4. The summed E-state index contributed by atoms with van der Waals surface area (Å²) in [5, 5.41) is 0. The van der Waals surface area contributed by atoms with E-state index in [4.69, 9.17) is 5.73 Å². The molecule has 2 aromatic carbocycles. The van der Waals surface area contributed by atoms with Crippen LogP contribution in [0.5, 0.6) is 0 Å². The van der Waals surface area contributed by atoms with Crippen molar-refractivity contribution in [3.8, 4) is 0 Å². The summed E-state index contributed by atoms with van der Waals surface area (Å²) in [6, 6.07) is 16.7. The lowest BCUT2D eigenvalue weighted by molar-refractivity contribution is 0.335. The molecule has 0 bridgehead atoms. The highest BCUT2D eigenvalue weighted by atomic mass is 32.2. The number of hydrogen-bond acceptors (Lipinski definition) is 4. The van der Waals surface area contributed by atoms with Crippen molar-refractivity contribution in [2.24, 2.45) is 11.7 Å². The number of likely N-dealkylation sites (tertiary alicyclic amines) is 1. The summed E-state index contributed by atoms with van der Waals surface area (Å²) in [4.78, 5) is 2.31. The van der Waals surface area contributed by atoms with Crippen molar-refractivity contribution in [2.75, 3.05) is 41.3 Å². The molecule has 2 heterocycles. The highest BCUT2D eigenvalue weighted by Crippen LogP contribution is 2.44. The second-order valence-electron chi connectivity index (χ2n) is 6.86. The summed E-state index contributed by atoms with van der Waals surface area (Å²) >= 11 is 0. The summed E-state index contributed by atoms with van der Waals surface area (Å²) < 4.78 is 29.6. The SMILES string of the molecule is NCC1CCN(CCN2c3ccccc3N(c3ccccc3)S2(=O)=O)C1. The number of hydrogen-bond donors (Lipinski definition) is 1. The van der Waals surface area contributed by atoms with Crippen molar-refractivity contribution in [3.63, 3.8) is 0 Å². The maximum Gasteiger partial charge on any atom is 0.331 e. The normalized spacial score (nSPS) is 22.0. The molecule has 2 aromatic rings. The molecule has 0 spiro atoms. The van der Waals surface area contributed by atoms with E-state index < -0.39 is 10.2 Å². The molecule has 2 N–H and O–H groups in total. The molecular formula is C19H24N4O2S. The van der Waals surface area contributed by atoms with Gasteiger partial charge in [-0.3, -0.25) is 0 Å². The number of benzene rings is 2. The average molecular weight is 372 g/mol. The number of para-hydroxylation sites is 3. The van der Waals surface area contributed by atoms with Crippen molar-refractivity contribution < 1.29 is 8.42 Å². The third-order valence-electron chi connectivity index (χ3n) is 5.19. The Balaban J connectivity index is 1.61. The van der Waals surface area contributed by atoms with E-state index in [0.717, 1.165) is 25.2 Å². The minimum atomic E-state index is -3.64. The predicted molar refractivity (Wildman–Crippen MR) is 105 cm³/mol. The van der Waals surface area contributed by atoms with Crippen molar-refractivity contribution in [1.29, 1.82) is 0 Å². The Morgan fingerprint density at radius 3 is 2.35 bits per heavy atom. The van der Waals surface area contributed by atoms with Crippen LogP contribution < -0.4 is 14.3 Å². The van der Waals surface area contributed by atoms with E-state index in [0.29, 0.717) is 36.9 Å². The van der Waals surface area contributed by atoms with E-state index in [-0.39, 0.29) is 0 Å². The molecule has 0 radical (unpaired) electrons. The second kappa shape index (κ2) is 6.90. The van der Waals surface area contributed by atoms with Gasteiger partial charge in [-0.25, -0.2) is 8.61 Å². The molecule has 4 rings (SSSR count). The molecular weight excluding hydrogens is 348 g/mol. The Labute approximate surface area is 155 Å². The van der Waals surface area contributed by atoms with Crippen LogP contribution in [0, 0.1) is 5.92 Å². The van der Waals surface area contributed by atoms with Gasteiger partial charge in [0.1, 0.15) is 0 Å². The lowest BCUT2D eigenvalue weighted by Gasteiger charge is -2.24. The maximum atomic E-state index is 13.3. The monoisotopic (exact) mass is 372 g/mol. The molecule has 0 aromatic heterocycles. The molecule has 0 saturated carbocycles. The summed E-state index contributed by atoms with van der Waals surface area (Å²) in [6.07, 6.45) is 1.09. The van der Waals surface area contributed by atoms with E-state index in [2.05, 4.69) is 4.90 Å². The zero-order chi connectivity index (χ0) is 18.1. The highest BCUT2D eigenvalue weighted by molar-refractivity contribution is 7.95. The topological polar surface area (TPSA) is 69.9 Å². The van der Waals surface area contributed by atoms with Crippen LogP contribution in [0.2, 0.25) is 0 Å². The van der Waals surface area contributed by atoms with Gasteiger partial charge in [0, 0.05) is 19.6 Å². The van der Waals surface area contributed by atoms with Crippen LogP contribution in [0.25, 0.3) is 0 Å². The van der Waals surface area contributed by atoms with Gasteiger partial charge < -0.3 is 10.6 Å². The van der Waals surface area contributed by atoms with E-state index in [1.54, 1.807) is 0 Å². The van der Waals surface area contributed by atoms with Gasteiger partial charge in [-0.15, -0.1) is 0 Å². The van der Waals surface area contributed by atoms with Crippen LogP contribution in [0.4, 0.5) is 17.1 Å². The molecule has 2 aliphatic heterocycles. The number of anilines is 3. The van der Waals surface area contributed by atoms with Crippen LogP contribution in [-0.4, -0.2) is 46.0 Å². The molecule has 0 amide bonds. The van der Waals surface area contributed by atoms with Gasteiger partial charge in [-0.1, -0.05) is 30.3 Å². The smallest absolute Gasteiger partial charge is 0.330 e. The number of fused-ring (bicyclic) bond motifs is 1. The quantitative estimate of drug-likeness (QED) is 0.873. The number of nitrogens with two attached hydrogens (primary N) is 1. The van der Waals surface area contributed by atoms with E-state index in [9.17, 15) is 8.42 Å². The van der Waals surface area contributed by atoms with Crippen molar-refractivity contribution >= 4 is 27.3 Å². The van der Waals surface area contributed by atoms with Crippen LogP contribution >= 0.6 is 0 Å². The van der Waals surface area contributed by atoms with Crippen LogP contribution in [0.1, 0.15) is 6.42 Å². The highest BCUT2D eigenvalue weighted by Gasteiger charge is 2.41. The first-order chi connectivity index (χ1) is 12.6. The molecule has 7 heteroatoms. The molecule has 1 fully saturated rings. The summed E-state index contributed by atoms with van der Waals surface area (Å²) in [7, 11) is -3.64. The van der Waals surface area contributed by atoms with Crippen LogP contribution in [0.15, 0.2) is 54.6 Å². The summed E-state index contributed by atoms with van der Waals surface area (Å²) in [5.41, 5.74) is 7.87. The molecule has 1 unspecified atom stereocenters. The standard InChI is InChI=1S/C19H24N4O2S/c20-14-16-10-11-21(15-16)12-13-22-18-8-4-5-9-19(18)23(26(22,24)25)17-6-2-1-3-7-17/h1-9,16H,10-15,20H2. The van der Waals surface area contributed by atoms with Gasteiger partial charge in [0.15, 0.2) is 0 Å². The Hall–Kier alpha value is -2.09. The van der Waals surface area contributed by atoms with Gasteiger partial charge in [-0.2, -0.15) is 8.42 Å². The first kappa shape index (κ1) is 17.3. The van der Waals surface area contributed by atoms with Crippen molar-refractivity contribution in [1.82, 2.24) is 4.90 Å². The first-order valence-electron chi connectivity index (χ1n) is 9.01. The molecule has 26 heavy (non-hydrogen) atoms. The predicted octanol–water partition coefficient (Wildman–Crippen LogP) is 2.17.